The highest BCUT2D eigenvalue weighted by Crippen LogP contribution is 2.28. The molecule has 1 N–H and O–H groups in total. The van der Waals surface area contributed by atoms with Crippen molar-refractivity contribution in [3.05, 3.63) is 35.5 Å². The van der Waals surface area contributed by atoms with Crippen molar-refractivity contribution in [1.82, 2.24) is 4.98 Å². The van der Waals surface area contributed by atoms with Gasteiger partial charge in [-0.3, -0.25) is 14.6 Å². The number of carbonyl (C=O) groups is 2. The van der Waals surface area contributed by atoms with Crippen molar-refractivity contribution in [1.29, 1.82) is 0 Å². The highest BCUT2D eigenvalue weighted by atomic mass is 16.6. The number of benzene rings is 1. The number of aromatic nitrogens is 1. The average Bonchev–Trinajstić information content (AvgIpc) is 2.95. The van der Waals surface area contributed by atoms with E-state index in [1.165, 1.54) is 0 Å². The minimum atomic E-state index is -1.16. The van der Waals surface area contributed by atoms with E-state index in [0.717, 1.165) is 28.6 Å². The third-order valence-electron chi connectivity index (χ3n) is 4.03. The van der Waals surface area contributed by atoms with Gasteiger partial charge in [0.25, 0.3) is 0 Å². The number of fused-ring (bicyclic) bond motifs is 3. The predicted octanol–water partition coefficient (Wildman–Crippen LogP) is 2.26. The summed E-state index contributed by atoms with van der Waals surface area (Å²) in [4.78, 5) is 32.5. The number of esters is 2. The molecule has 1 aromatic heterocycles. The Kier molecular flexibility index (Phi) is 4.64. The zero-order valence-corrected chi connectivity index (χ0v) is 13.8. The number of hydrogen-bond acceptors (Lipinski definition) is 5. The lowest BCUT2D eigenvalue weighted by molar-refractivity contribution is -0.157. The lowest BCUT2D eigenvalue weighted by Crippen LogP contribution is -2.37. The minimum Gasteiger partial charge on any atom is -0.465 e. The summed E-state index contributed by atoms with van der Waals surface area (Å²) < 4.78 is 10.2. The van der Waals surface area contributed by atoms with Gasteiger partial charge >= 0.3 is 11.9 Å². The molecule has 1 aromatic carbocycles. The first-order chi connectivity index (χ1) is 11.7. The van der Waals surface area contributed by atoms with Crippen molar-refractivity contribution < 1.29 is 19.1 Å². The summed E-state index contributed by atoms with van der Waals surface area (Å²) in [7, 11) is 0. The molecule has 0 aliphatic carbocycles. The second-order valence-electron chi connectivity index (χ2n) is 5.48. The van der Waals surface area contributed by atoms with E-state index in [4.69, 9.17) is 9.47 Å². The van der Waals surface area contributed by atoms with Crippen molar-refractivity contribution in [3.8, 4) is 0 Å². The smallest absolute Gasteiger partial charge is 0.326 e. The maximum atomic E-state index is 12.4. The fourth-order valence-electron chi connectivity index (χ4n) is 3.05. The molecule has 2 aromatic rings. The number of aliphatic imine (C=N–C) groups is 1. The summed E-state index contributed by atoms with van der Waals surface area (Å²) in [5.41, 5.74) is 3.18. The summed E-state index contributed by atoms with van der Waals surface area (Å²) in [5, 5.41) is 1.09. The first kappa shape index (κ1) is 16.2. The van der Waals surface area contributed by atoms with Gasteiger partial charge in [-0.25, -0.2) is 0 Å². The van der Waals surface area contributed by atoms with Gasteiger partial charge in [0, 0.05) is 17.4 Å². The first-order valence-electron chi connectivity index (χ1n) is 8.14. The third kappa shape index (κ3) is 2.79. The highest BCUT2D eigenvalue weighted by molar-refractivity contribution is 6.24. The number of nitrogens with one attached hydrogen (secondary N) is 1. The number of hydrogen-bond donors (Lipinski definition) is 1. The van der Waals surface area contributed by atoms with Crippen molar-refractivity contribution in [3.63, 3.8) is 0 Å². The van der Waals surface area contributed by atoms with Gasteiger partial charge in [0.05, 0.1) is 24.6 Å². The molecule has 0 bridgehead atoms. The van der Waals surface area contributed by atoms with Crippen LogP contribution >= 0.6 is 0 Å². The number of ether oxygens (including phenoxy) is 2. The maximum Gasteiger partial charge on any atom is 0.326 e. The zero-order valence-electron chi connectivity index (χ0n) is 13.8. The van der Waals surface area contributed by atoms with Crippen molar-refractivity contribution >= 4 is 28.6 Å². The molecule has 3 rings (SSSR count). The quantitative estimate of drug-likeness (QED) is 0.674. The van der Waals surface area contributed by atoms with Crippen molar-refractivity contribution in [2.45, 2.75) is 20.3 Å². The fourth-order valence-corrected chi connectivity index (χ4v) is 3.05. The van der Waals surface area contributed by atoms with Crippen LogP contribution in [0.4, 0.5) is 0 Å². The molecule has 126 valence electrons. The summed E-state index contributed by atoms with van der Waals surface area (Å²) in [6, 6.07) is 7.90. The Morgan fingerprint density at radius 1 is 1.17 bits per heavy atom. The molecule has 0 saturated carbocycles. The van der Waals surface area contributed by atoms with Gasteiger partial charge < -0.3 is 14.5 Å². The van der Waals surface area contributed by atoms with Gasteiger partial charge in [0.1, 0.15) is 0 Å². The van der Waals surface area contributed by atoms with E-state index in [-0.39, 0.29) is 13.2 Å². The molecule has 1 aliphatic heterocycles. The zero-order chi connectivity index (χ0) is 17.1. The molecule has 6 nitrogen and oxygen atoms in total. The van der Waals surface area contributed by atoms with Crippen LogP contribution in [0.2, 0.25) is 0 Å². The molecule has 2 heterocycles. The van der Waals surface area contributed by atoms with Gasteiger partial charge in [0.2, 0.25) is 0 Å². The van der Waals surface area contributed by atoms with E-state index in [9.17, 15) is 9.59 Å². The first-order valence-corrected chi connectivity index (χ1v) is 8.14. The topological polar surface area (TPSA) is 80.8 Å². The summed E-state index contributed by atoms with van der Waals surface area (Å²) >= 11 is 0. The number of rotatable bonds is 5. The Balaban J connectivity index is 2.07. The van der Waals surface area contributed by atoms with Gasteiger partial charge in [-0.2, -0.15) is 0 Å². The molecule has 0 fully saturated rings. The molecule has 0 spiro atoms. The normalized spacial score (nSPS) is 13.5. The molecule has 6 heteroatoms. The molecular formula is C18H20N2O4. The molecule has 0 saturated heterocycles. The van der Waals surface area contributed by atoms with Crippen molar-refractivity contribution in [2.24, 2.45) is 10.9 Å². The summed E-state index contributed by atoms with van der Waals surface area (Å²) in [5.74, 6) is -2.40. The Labute approximate surface area is 139 Å². The third-order valence-corrected chi connectivity index (χ3v) is 4.03. The number of aromatic amines is 1. The Morgan fingerprint density at radius 2 is 1.83 bits per heavy atom. The van der Waals surface area contributed by atoms with Crippen LogP contribution in [-0.4, -0.2) is 42.4 Å². The second-order valence-corrected chi connectivity index (χ2v) is 5.48. The monoisotopic (exact) mass is 328 g/mol. The van der Waals surface area contributed by atoms with Crippen molar-refractivity contribution in [2.75, 3.05) is 19.8 Å². The van der Waals surface area contributed by atoms with E-state index in [1.54, 1.807) is 13.8 Å². The van der Waals surface area contributed by atoms with E-state index >= 15 is 0 Å². The molecule has 0 radical (unpaired) electrons. The van der Waals surface area contributed by atoms with Crippen LogP contribution in [0.15, 0.2) is 29.3 Å². The number of nitrogens with zero attached hydrogens (tertiary/aromatic N) is 1. The molecule has 24 heavy (non-hydrogen) atoms. The number of carbonyl (C=O) groups excluding carboxylic acids is 2. The van der Waals surface area contributed by atoms with Crippen LogP contribution in [0, 0.1) is 5.92 Å². The Hall–Kier alpha value is -2.63. The lowest BCUT2D eigenvalue weighted by atomic mass is 9.94. The Morgan fingerprint density at radius 3 is 2.50 bits per heavy atom. The molecular weight excluding hydrogens is 308 g/mol. The van der Waals surface area contributed by atoms with Gasteiger partial charge in [-0.1, -0.05) is 18.2 Å². The van der Waals surface area contributed by atoms with Gasteiger partial charge in [-0.15, -0.1) is 0 Å². The van der Waals surface area contributed by atoms with Crippen LogP contribution in [0.3, 0.4) is 0 Å². The minimum absolute atomic E-state index is 0.196. The number of para-hydroxylation sites is 1. The maximum absolute atomic E-state index is 12.4. The van der Waals surface area contributed by atoms with E-state index in [1.807, 2.05) is 24.3 Å². The highest BCUT2D eigenvalue weighted by Gasteiger charge is 2.38. The van der Waals surface area contributed by atoms with Crippen LogP contribution in [-0.2, 0) is 25.5 Å². The standard InChI is InChI=1S/C18H20N2O4/c1-3-23-17(21)14(18(22)24-4-2)16-15-12(9-10-19-16)11-7-5-6-8-13(11)20-15/h5-8,14,20H,3-4,9-10H2,1-2H3. The van der Waals surface area contributed by atoms with Crippen LogP contribution in [0.25, 0.3) is 10.9 Å². The van der Waals surface area contributed by atoms with E-state index in [2.05, 4.69) is 9.98 Å². The molecule has 0 unspecified atom stereocenters. The largest absolute Gasteiger partial charge is 0.465 e. The van der Waals surface area contributed by atoms with Gasteiger partial charge in [0.15, 0.2) is 5.92 Å². The van der Waals surface area contributed by atoms with Crippen LogP contribution < -0.4 is 0 Å². The summed E-state index contributed by atoms with van der Waals surface area (Å²) in [6.45, 7) is 4.33. The molecule has 1 aliphatic rings. The van der Waals surface area contributed by atoms with Gasteiger partial charge in [-0.05, 0) is 31.9 Å². The van der Waals surface area contributed by atoms with E-state index in [0.29, 0.717) is 12.3 Å². The molecule has 0 amide bonds. The fraction of sp³-hybridized carbons (Fsp3) is 0.389. The van der Waals surface area contributed by atoms with Crippen LogP contribution in [0.1, 0.15) is 25.1 Å². The van der Waals surface area contributed by atoms with Crippen LogP contribution in [0.5, 0.6) is 0 Å². The summed E-state index contributed by atoms with van der Waals surface area (Å²) in [6.07, 6.45) is 0.765. The predicted molar refractivity (Wildman–Crippen MR) is 90.2 cm³/mol. The van der Waals surface area contributed by atoms with E-state index < -0.39 is 17.9 Å². The average molecular weight is 328 g/mol. The number of H-pyrrole nitrogens is 1. The second kappa shape index (κ2) is 6.86. The SMILES string of the molecule is CCOC(=O)C(C(=O)OCC)C1=NCCc2c1[nH]c1ccccc21. The lowest BCUT2D eigenvalue weighted by Gasteiger charge is -2.20. The molecule has 0 atom stereocenters. The Bertz CT molecular complexity index is 788.